The van der Waals surface area contributed by atoms with E-state index in [1.54, 1.807) is 27.4 Å². The van der Waals surface area contributed by atoms with Gasteiger partial charge in [-0.15, -0.1) is 11.3 Å². The lowest BCUT2D eigenvalue weighted by Gasteiger charge is -2.28. The lowest BCUT2D eigenvalue weighted by atomic mass is 10.1. The molecule has 10 nitrogen and oxygen atoms in total. The minimum atomic E-state index is -3.50. The van der Waals surface area contributed by atoms with Crippen LogP contribution in [0.1, 0.15) is 16.0 Å². The number of hydrogen-bond donors (Lipinski definition) is 2. The van der Waals surface area contributed by atoms with E-state index in [4.69, 9.17) is 26.3 Å². The Balaban J connectivity index is 1.54. The van der Waals surface area contributed by atoms with Crippen LogP contribution in [0.25, 0.3) is 21.7 Å². The molecule has 0 fully saturated rings. The summed E-state index contributed by atoms with van der Waals surface area (Å²) in [4.78, 5) is 11.4. The number of ether oxygens (including phenoxy) is 1. The summed E-state index contributed by atoms with van der Waals surface area (Å²) in [6.45, 7) is 1.20. The highest BCUT2D eigenvalue weighted by molar-refractivity contribution is 7.86. The molecule has 184 valence electrons. The molecule has 35 heavy (non-hydrogen) atoms. The Morgan fingerprint density at radius 1 is 1.29 bits per heavy atom. The van der Waals surface area contributed by atoms with E-state index in [1.165, 1.54) is 19.9 Å². The Labute approximate surface area is 212 Å². The van der Waals surface area contributed by atoms with Gasteiger partial charge in [-0.3, -0.25) is 5.10 Å². The summed E-state index contributed by atoms with van der Waals surface area (Å²) in [6, 6.07) is 7.44. The fraction of sp³-hybridized carbons (Fsp3) is 0.318. The van der Waals surface area contributed by atoms with Crippen LogP contribution < -0.4 is 10.1 Å². The number of nitrogens with zero attached hydrogens (tertiary/aromatic N) is 5. The number of nitrogens with one attached hydrogen (secondary N) is 2. The van der Waals surface area contributed by atoms with Gasteiger partial charge in [-0.25, -0.2) is 9.97 Å². The van der Waals surface area contributed by atoms with Crippen molar-refractivity contribution < 1.29 is 13.2 Å². The van der Waals surface area contributed by atoms with Gasteiger partial charge in [-0.1, -0.05) is 17.7 Å². The minimum Gasteiger partial charge on any atom is -0.495 e. The first kappa shape index (κ1) is 23.9. The Morgan fingerprint density at radius 3 is 2.80 bits per heavy atom. The molecule has 0 atom stereocenters. The number of anilines is 1. The summed E-state index contributed by atoms with van der Waals surface area (Å²) in [7, 11) is 1.17. The SMILES string of the molecule is COc1ccc(CNc2nc(-c3ccn[nH]3)nc3sc4c(c23)CCN(S(=O)(=O)N(C)C)C4)cc1Cl. The van der Waals surface area contributed by atoms with E-state index in [0.717, 1.165) is 26.2 Å². The highest BCUT2D eigenvalue weighted by Gasteiger charge is 2.32. The van der Waals surface area contributed by atoms with E-state index in [2.05, 4.69) is 15.5 Å². The van der Waals surface area contributed by atoms with Gasteiger partial charge in [0, 0.05) is 44.8 Å². The molecule has 5 rings (SSSR count). The number of thiophene rings is 1. The Kier molecular flexibility index (Phi) is 6.40. The monoisotopic (exact) mass is 533 g/mol. The van der Waals surface area contributed by atoms with Crippen molar-refractivity contribution in [1.82, 2.24) is 28.8 Å². The number of methoxy groups -OCH3 is 1. The van der Waals surface area contributed by atoms with Crippen LogP contribution >= 0.6 is 22.9 Å². The van der Waals surface area contributed by atoms with E-state index in [1.807, 2.05) is 24.3 Å². The van der Waals surface area contributed by atoms with Gasteiger partial charge < -0.3 is 10.1 Å². The number of benzene rings is 1. The third-order valence-electron chi connectivity index (χ3n) is 5.87. The number of halogens is 1. The van der Waals surface area contributed by atoms with E-state index in [0.29, 0.717) is 54.2 Å². The van der Waals surface area contributed by atoms with E-state index in [-0.39, 0.29) is 0 Å². The summed E-state index contributed by atoms with van der Waals surface area (Å²) < 4.78 is 33.4. The Morgan fingerprint density at radius 2 is 2.11 bits per heavy atom. The fourth-order valence-corrected chi connectivity index (χ4v) is 6.71. The zero-order valence-corrected chi connectivity index (χ0v) is 21.8. The molecule has 1 aliphatic rings. The molecule has 0 radical (unpaired) electrons. The highest BCUT2D eigenvalue weighted by Crippen LogP contribution is 2.39. The maximum Gasteiger partial charge on any atom is 0.281 e. The van der Waals surface area contributed by atoms with Crippen molar-refractivity contribution in [1.29, 1.82) is 0 Å². The molecule has 0 spiro atoms. The number of aromatic amines is 1. The highest BCUT2D eigenvalue weighted by atomic mass is 35.5. The first-order valence-corrected chi connectivity index (χ1v) is 13.4. The standard InChI is InChI=1S/C22H24ClN7O3S2/c1-29(2)35(31,32)30-9-7-14-18(12-30)34-22-19(14)21(26-20(27-22)16-6-8-25-28-16)24-11-13-4-5-17(33-3)15(23)10-13/h4-6,8,10H,7,9,11-12H2,1-3H3,(H,25,28)(H,24,26,27). The zero-order valence-electron chi connectivity index (χ0n) is 19.4. The molecule has 0 bridgehead atoms. The van der Waals surface area contributed by atoms with Crippen molar-refractivity contribution in [2.75, 3.05) is 33.1 Å². The second-order valence-corrected chi connectivity index (χ2v) is 11.9. The molecule has 1 aliphatic heterocycles. The topological polar surface area (TPSA) is 116 Å². The van der Waals surface area contributed by atoms with Gasteiger partial charge in [0.2, 0.25) is 0 Å². The van der Waals surface area contributed by atoms with Gasteiger partial charge in [-0.05, 0) is 35.7 Å². The number of fused-ring (bicyclic) bond motifs is 3. The number of hydrogen-bond acceptors (Lipinski definition) is 8. The van der Waals surface area contributed by atoms with Gasteiger partial charge in [0.25, 0.3) is 10.2 Å². The largest absolute Gasteiger partial charge is 0.495 e. The van der Waals surface area contributed by atoms with Crippen molar-refractivity contribution in [3.05, 3.63) is 51.5 Å². The van der Waals surface area contributed by atoms with Gasteiger partial charge in [-0.2, -0.15) is 22.1 Å². The summed E-state index contributed by atoms with van der Waals surface area (Å²) in [5.74, 6) is 1.82. The average molecular weight is 534 g/mol. The van der Waals surface area contributed by atoms with Crippen LogP contribution in [0.3, 0.4) is 0 Å². The molecule has 0 unspecified atom stereocenters. The molecule has 0 aliphatic carbocycles. The number of aromatic nitrogens is 4. The predicted octanol–water partition coefficient (Wildman–Crippen LogP) is 3.52. The maximum atomic E-state index is 12.7. The summed E-state index contributed by atoms with van der Waals surface area (Å²) in [5, 5.41) is 11.8. The van der Waals surface area contributed by atoms with Gasteiger partial charge >= 0.3 is 0 Å². The van der Waals surface area contributed by atoms with Crippen LogP contribution in [0.2, 0.25) is 5.02 Å². The second-order valence-electron chi connectivity index (χ2n) is 8.25. The molecule has 0 amide bonds. The molecule has 2 N–H and O–H groups in total. The third-order valence-corrected chi connectivity index (χ3v) is 9.16. The number of rotatable bonds is 7. The van der Waals surface area contributed by atoms with E-state index in [9.17, 15) is 8.42 Å². The van der Waals surface area contributed by atoms with Gasteiger partial charge in [0.05, 0.1) is 17.5 Å². The van der Waals surface area contributed by atoms with Gasteiger partial charge in [0.15, 0.2) is 5.82 Å². The maximum absolute atomic E-state index is 12.7. The summed E-state index contributed by atoms with van der Waals surface area (Å²) in [5.41, 5.74) is 2.75. The molecule has 0 saturated carbocycles. The van der Waals surface area contributed by atoms with E-state index >= 15 is 0 Å². The first-order valence-electron chi connectivity index (χ1n) is 10.8. The molecule has 3 aromatic heterocycles. The van der Waals surface area contributed by atoms with E-state index < -0.39 is 10.2 Å². The molecule has 13 heteroatoms. The molecule has 4 aromatic rings. The smallest absolute Gasteiger partial charge is 0.281 e. The fourth-order valence-electron chi connectivity index (χ4n) is 4.03. The van der Waals surface area contributed by atoms with Crippen molar-refractivity contribution >= 4 is 49.2 Å². The molecule has 1 aromatic carbocycles. The van der Waals surface area contributed by atoms with Crippen molar-refractivity contribution in [3.63, 3.8) is 0 Å². The van der Waals surface area contributed by atoms with Crippen LogP contribution in [0, 0.1) is 0 Å². The van der Waals surface area contributed by atoms with Gasteiger partial charge in [0.1, 0.15) is 22.1 Å². The van der Waals surface area contributed by atoms with Crippen LogP contribution in [0.15, 0.2) is 30.5 Å². The van der Waals surface area contributed by atoms with Crippen LogP contribution in [0.4, 0.5) is 5.82 Å². The normalized spacial score (nSPS) is 14.4. The van der Waals surface area contributed by atoms with Crippen LogP contribution in [-0.4, -0.2) is 64.9 Å². The Hall–Kier alpha value is -2.77. The van der Waals surface area contributed by atoms with Crippen molar-refractivity contribution in [2.45, 2.75) is 19.5 Å². The summed E-state index contributed by atoms with van der Waals surface area (Å²) in [6.07, 6.45) is 2.23. The molecular weight excluding hydrogens is 510 g/mol. The van der Waals surface area contributed by atoms with Crippen molar-refractivity contribution in [2.24, 2.45) is 0 Å². The quantitative estimate of drug-likeness (QED) is 0.373. The minimum absolute atomic E-state index is 0.309. The summed E-state index contributed by atoms with van der Waals surface area (Å²) >= 11 is 7.80. The van der Waals surface area contributed by atoms with Crippen molar-refractivity contribution in [3.8, 4) is 17.3 Å². The Bertz CT molecular complexity index is 1490. The lowest BCUT2D eigenvalue weighted by Crippen LogP contribution is -2.42. The molecule has 4 heterocycles. The predicted molar refractivity (Wildman–Crippen MR) is 137 cm³/mol. The third kappa shape index (κ3) is 4.47. The molecular formula is C22H24ClN7O3S2. The lowest BCUT2D eigenvalue weighted by molar-refractivity contribution is 0.362. The first-order chi connectivity index (χ1) is 16.8. The second kappa shape index (κ2) is 9.36. The molecule has 0 saturated heterocycles. The number of H-pyrrole nitrogens is 1. The van der Waals surface area contributed by atoms with Crippen LogP contribution in [0.5, 0.6) is 5.75 Å². The average Bonchev–Trinajstić information content (AvgIpc) is 3.50. The zero-order chi connectivity index (χ0) is 24.7. The van der Waals surface area contributed by atoms with Crippen LogP contribution in [-0.2, 0) is 29.7 Å².